The minimum Gasteiger partial charge on any atom is -0.454 e. The van der Waals surface area contributed by atoms with Gasteiger partial charge >= 0.3 is 0 Å². The van der Waals surface area contributed by atoms with E-state index in [2.05, 4.69) is 9.88 Å². The number of anilines is 1. The van der Waals surface area contributed by atoms with Crippen LogP contribution < -0.4 is 14.4 Å². The van der Waals surface area contributed by atoms with E-state index in [0.29, 0.717) is 11.6 Å². The summed E-state index contributed by atoms with van der Waals surface area (Å²) in [5, 5.41) is 11.2. The van der Waals surface area contributed by atoms with E-state index in [9.17, 15) is 5.11 Å². The number of halogens is 1. The molecule has 0 radical (unpaired) electrons. The van der Waals surface area contributed by atoms with Gasteiger partial charge < -0.3 is 19.5 Å². The molecule has 0 amide bonds. The van der Waals surface area contributed by atoms with Gasteiger partial charge in [-0.1, -0.05) is 17.7 Å². The number of piperidine rings is 1. The third-order valence-corrected chi connectivity index (χ3v) is 4.67. The zero-order valence-corrected chi connectivity index (χ0v) is 13.2. The summed E-state index contributed by atoms with van der Waals surface area (Å²) in [6, 6.07) is 9.61. The van der Waals surface area contributed by atoms with Gasteiger partial charge in [0.1, 0.15) is 5.82 Å². The first-order valence-corrected chi connectivity index (χ1v) is 8.02. The maximum atomic E-state index is 10.6. The van der Waals surface area contributed by atoms with Crippen molar-refractivity contribution in [3.63, 3.8) is 0 Å². The smallest absolute Gasteiger partial charge is 0.231 e. The van der Waals surface area contributed by atoms with Crippen LogP contribution in [0.3, 0.4) is 0 Å². The molecule has 3 heterocycles. The summed E-state index contributed by atoms with van der Waals surface area (Å²) in [7, 11) is 0. The van der Waals surface area contributed by atoms with Crippen LogP contribution >= 0.6 is 11.6 Å². The number of aliphatic hydroxyl groups is 1. The van der Waals surface area contributed by atoms with Crippen molar-refractivity contribution in [3.05, 3.63) is 47.1 Å². The molecule has 2 aromatic rings. The van der Waals surface area contributed by atoms with Crippen LogP contribution in [0, 0.1) is 0 Å². The molecule has 1 aromatic carbocycles. The van der Waals surface area contributed by atoms with Gasteiger partial charge in [0, 0.05) is 25.2 Å². The van der Waals surface area contributed by atoms with Gasteiger partial charge in [0.2, 0.25) is 6.79 Å². The molecule has 5 nitrogen and oxygen atoms in total. The lowest BCUT2D eigenvalue weighted by Crippen LogP contribution is -2.43. The van der Waals surface area contributed by atoms with Crippen molar-refractivity contribution < 1.29 is 14.6 Å². The Morgan fingerprint density at radius 2 is 2.04 bits per heavy atom. The van der Waals surface area contributed by atoms with E-state index in [4.69, 9.17) is 21.1 Å². The molecule has 1 aromatic heterocycles. The summed E-state index contributed by atoms with van der Waals surface area (Å²) < 4.78 is 10.8. The lowest BCUT2D eigenvalue weighted by atomic mass is 9.87. The average molecular weight is 333 g/mol. The summed E-state index contributed by atoms with van der Waals surface area (Å²) in [6.07, 6.45) is 2.03. The highest BCUT2D eigenvalue weighted by molar-refractivity contribution is 6.30. The third-order valence-electron chi connectivity index (χ3n) is 4.44. The monoisotopic (exact) mass is 332 g/mol. The second kappa shape index (κ2) is 5.91. The number of pyridine rings is 1. The zero-order valence-electron chi connectivity index (χ0n) is 12.5. The molecule has 1 N–H and O–H groups in total. The summed E-state index contributed by atoms with van der Waals surface area (Å²) in [5.74, 6) is 2.47. The van der Waals surface area contributed by atoms with Gasteiger partial charge in [-0.15, -0.1) is 0 Å². The van der Waals surface area contributed by atoms with E-state index in [1.54, 1.807) is 6.20 Å². The topological polar surface area (TPSA) is 54.8 Å². The molecule has 6 heteroatoms. The number of ether oxygens (including phenoxy) is 2. The molecule has 23 heavy (non-hydrogen) atoms. The highest BCUT2D eigenvalue weighted by atomic mass is 35.5. The molecule has 0 saturated carbocycles. The molecule has 0 unspecified atom stereocenters. The molecule has 0 bridgehead atoms. The Balaban J connectivity index is 1.50. The van der Waals surface area contributed by atoms with E-state index in [-0.39, 0.29) is 12.7 Å². The van der Waals surface area contributed by atoms with Crippen molar-refractivity contribution >= 4 is 17.4 Å². The maximum absolute atomic E-state index is 10.6. The molecule has 2 aliphatic heterocycles. The molecule has 2 aliphatic rings. The number of benzene rings is 1. The van der Waals surface area contributed by atoms with Gasteiger partial charge in [-0.05, 0) is 36.2 Å². The van der Waals surface area contributed by atoms with Crippen molar-refractivity contribution in [1.29, 1.82) is 0 Å². The Labute approximate surface area is 139 Å². The number of hydrogen-bond acceptors (Lipinski definition) is 5. The molecule has 1 saturated heterocycles. The second-order valence-corrected chi connectivity index (χ2v) is 6.29. The first kappa shape index (κ1) is 14.6. The maximum Gasteiger partial charge on any atom is 0.231 e. The van der Waals surface area contributed by atoms with Crippen molar-refractivity contribution in [2.45, 2.75) is 18.4 Å². The highest BCUT2D eigenvalue weighted by Crippen LogP contribution is 2.38. The van der Waals surface area contributed by atoms with E-state index in [1.165, 1.54) is 0 Å². The minimum absolute atomic E-state index is 0.0908. The van der Waals surface area contributed by atoms with Gasteiger partial charge in [-0.2, -0.15) is 0 Å². The normalized spacial score (nSPS) is 23.1. The molecular weight excluding hydrogens is 316 g/mol. The van der Waals surface area contributed by atoms with Crippen LogP contribution in [-0.4, -0.2) is 36.1 Å². The fourth-order valence-electron chi connectivity index (χ4n) is 3.23. The van der Waals surface area contributed by atoms with Gasteiger partial charge in [0.15, 0.2) is 11.5 Å². The lowest BCUT2D eigenvalue weighted by Gasteiger charge is -2.36. The van der Waals surface area contributed by atoms with Crippen LogP contribution in [0.1, 0.15) is 17.9 Å². The SMILES string of the molecule is O[C@@H]1CN(c2ccc(Cl)cn2)CC[C@H]1c1ccc2c(c1)OCO2. The van der Waals surface area contributed by atoms with E-state index < -0.39 is 6.10 Å². The van der Waals surface area contributed by atoms with Crippen LogP contribution in [0.25, 0.3) is 0 Å². The van der Waals surface area contributed by atoms with Crippen molar-refractivity contribution in [2.24, 2.45) is 0 Å². The second-order valence-electron chi connectivity index (χ2n) is 5.86. The largest absolute Gasteiger partial charge is 0.454 e. The first-order chi connectivity index (χ1) is 11.2. The van der Waals surface area contributed by atoms with Gasteiger partial charge in [-0.25, -0.2) is 4.98 Å². The summed E-state index contributed by atoms with van der Waals surface area (Å²) >= 11 is 5.88. The molecule has 0 spiro atoms. The first-order valence-electron chi connectivity index (χ1n) is 7.65. The average Bonchev–Trinajstić information content (AvgIpc) is 3.03. The Morgan fingerprint density at radius 3 is 2.83 bits per heavy atom. The van der Waals surface area contributed by atoms with Crippen molar-refractivity contribution in [1.82, 2.24) is 4.98 Å². The molecule has 120 valence electrons. The van der Waals surface area contributed by atoms with E-state index in [0.717, 1.165) is 35.8 Å². The molecule has 1 fully saturated rings. The van der Waals surface area contributed by atoms with E-state index in [1.807, 2.05) is 30.3 Å². The quantitative estimate of drug-likeness (QED) is 0.916. The molecular formula is C17H17ClN2O3. The van der Waals surface area contributed by atoms with E-state index >= 15 is 0 Å². The van der Waals surface area contributed by atoms with Crippen LogP contribution in [0.5, 0.6) is 11.5 Å². The Hall–Kier alpha value is -1.98. The molecule has 4 rings (SSSR count). The number of aliphatic hydroxyl groups excluding tert-OH is 1. The predicted octanol–water partition coefficient (Wildman–Crippen LogP) is 2.82. The summed E-state index contributed by atoms with van der Waals surface area (Å²) in [5.41, 5.74) is 1.09. The van der Waals surface area contributed by atoms with Gasteiger partial charge in [-0.3, -0.25) is 0 Å². The van der Waals surface area contributed by atoms with Gasteiger partial charge in [0.05, 0.1) is 11.1 Å². The Kier molecular flexibility index (Phi) is 3.75. The van der Waals surface area contributed by atoms with Crippen LogP contribution in [0.15, 0.2) is 36.5 Å². The predicted molar refractivity (Wildman–Crippen MR) is 87.4 cm³/mol. The number of hydrogen-bond donors (Lipinski definition) is 1. The molecule has 2 atom stereocenters. The number of aromatic nitrogens is 1. The Morgan fingerprint density at radius 1 is 1.17 bits per heavy atom. The summed E-state index contributed by atoms with van der Waals surface area (Å²) in [6.45, 7) is 1.65. The zero-order chi connectivity index (χ0) is 15.8. The van der Waals surface area contributed by atoms with Crippen LogP contribution in [0.2, 0.25) is 5.02 Å². The molecule has 0 aliphatic carbocycles. The number of nitrogens with zero attached hydrogens (tertiary/aromatic N) is 2. The third kappa shape index (κ3) is 2.82. The van der Waals surface area contributed by atoms with Crippen molar-refractivity contribution in [2.75, 3.05) is 24.8 Å². The fourth-order valence-corrected chi connectivity index (χ4v) is 3.34. The lowest BCUT2D eigenvalue weighted by molar-refractivity contribution is 0.129. The Bertz CT molecular complexity index is 707. The minimum atomic E-state index is -0.457. The number of fused-ring (bicyclic) bond motifs is 1. The highest BCUT2D eigenvalue weighted by Gasteiger charge is 2.30. The summed E-state index contributed by atoms with van der Waals surface area (Å²) in [4.78, 5) is 6.42. The van der Waals surface area contributed by atoms with Crippen molar-refractivity contribution in [3.8, 4) is 11.5 Å². The standard InChI is InChI=1S/C17H17ClN2O3/c18-12-2-4-17(19-8-12)20-6-5-13(14(21)9-20)11-1-3-15-16(7-11)23-10-22-15/h1-4,7-8,13-14,21H,5-6,9-10H2/t13-,14+/m0/s1. The fraction of sp³-hybridized carbons (Fsp3) is 0.353. The number of β-amino-alcohol motifs (C(OH)–C–C–N with tert-alkyl or cyclic N) is 1. The van der Waals surface area contributed by atoms with Crippen LogP contribution in [-0.2, 0) is 0 Å². The van der Waals surface area contributed by atoms with Gasteiger partial charge in [0.25, 0.3) is 0 Å². The number of rotatable bonds is 2. The van der Waals surface area contributed by atoms with Crippen LogP contribution in [0.4, 0.5) is 5.82 Å².